The molecular weight excluding hydrogens is 300 g/mol. The molecule has 1 N–H and O–H groups in total. The van der Waals surface area contributed by atoms with E-state index in [9.17, 15) is 4.79 Å². The van der Waals surface area contributed by atoms with Crippen molar-refractivity contribution in [2.45, 2.75) is 63.8 Å². The maximum absolute atomic E-state index is 11.0. The van der Waals surface area contributed by atoms with Gasteiger partial charge in [0.15, 0.2) is 0 Å². The van der Waals surface area contributed by atoms with Crippen LogP contribution in [0.5, 0.6) is 0 Å². The lowest BCUT2D eigenvalue weighted by Crippen LogP contribution is -2.21. The summed E-state index contributed by atoms with van der Waals surface area (Å²) in [7, 11) is 2.20. The van der Waals surface area contributed by atoms with E-state index in [1.54, 1.807) is 0 Å². The van der Waals surface area contributed by atoms with Crippen LogP contribution in [-0.2, 0) is 11.2 Å². The van der Waals surface area contributed by atoms with Crippen LogP contribution in [0.4, 0.5) is 0 Å². The molecule has 3 rings (SSSR count). The first-order valence-corrected chi connectivity index (χ1v) is 9.51. The Morgan fingerprint density at radius 3 is 2.62 bits per heavy atom. The molecule has 132 valence electrons. The quantitative estimate of drug-likeness (QED) is 0.854. The molecule has 2 aliphatic rings. The molecule has 1 aromatic rings. The fourth-order valence-corrected chi connectivity index (χ4v) is 4.38. The number of carboxylic acid groups (broad SMARTS) is 1. The van der Waals surface area contributed by atoms with Gasteiger partial charge in [0, 0.05) is 17.9 Å². The number of rotatable bonds is 6. The summed E-state index contributed by atoms with van der Waals surface area (Å²) in [5.41, 5.74) is 2.55. The maximum Gasteiger partial charge on any atom is 0.306 e. The van der Waals surface area contributed by atoms with Gasteiger partial charge in [-0.05, 0) is 82.5 Å². The molecule has 1 aliphatic carbocycles. The van der Waals surface area contributed by atoms with Gasteiger partial charge >= 0.3 is 5.97 Å². The van der Waals surface area contributed by atoms with Gasteiger partial charge in [-0.25, -0.2) is 0 Å². The van der Waals surface area contributed by atoms with Gasteiger partial charge < -0.3 is 5.11 Å². The van der Waals surface area contributed by atoms with Crippen molar-refractivity contribution < 1.29 is 9.90 Å². The van der Waals surface area contributed by atoms with Gasteiger partial charge in [-0.15, -0.1) is 0 Å². The van der Waals surface area contributed by atoms with Gasteiger partial charge in [-0.3, -0.25) is 14.7 Å². The molecule has 2 heterocycles. The van der Waals surface area contributed by atoms with E-state index < -0.39 is 5.97 Å². The Balaban J connectivity index is 1.40. The van der Waals surface area contributed by atoms with Crippen LogP contribution in [0.3, 0.4) is 0 Å². The van der Waals surface area contributed by atoms with Crippen molar-refractivity contribution in [3.8, 4) is 0 Å². The standard InChI is InChI=1S/C20H30N2O2/c1-22-13-3-6-19(22)17-11-12-18(21-14-17)5-2-4-15-7-9-16(10-8-15)20(23)24/h11-12,14-16,19H,2-10,13H2,1H3,(H,23,24). The molecule has 0 aromatic carbocycles. The van der Waals surface area contributed by atoms with E-state index in [1.165, 1.54) is 37.1 Å². The number of nitrogens with zero attached hydrogens (tertiary/aromatic N) is 2. The summed E-state index contributed by atoms with van der Waals surface area (Å²) in [5.74, 6) is 0.0156. The molecule has 4 heteroatoms. The minimum absolute atomic E-state index is 0.0934. The predicted molar refractivity (Wildman–Crippen MR) is 94.9 cm³/mol. The number of hydrogen-bond donors (Lipinski definition) is 1. The van der Waals surface area contributed by atoms with Crippen molar-refractivity contribution in [2.24, 2.45) is 11.8 Å². The van der Waals surface area contributed by atoms with Crippen molar-refractivity contribution in [3.05, 3.63) is 29.6 Å². The maximum atomic E-state index is 11.0. The third-order valence-electron chi connectivity index (χ3n) is 5.99. The van der Waals surface area contributed by atoms with Gasteiger partial charge in [0.1, 0.15) is 0 Å². The van der Waals surface area contributed by atoms with E-state index in [1.807, 2.05) is 0 Å². The molecule has 1 saturated carbocycles. The number of pyridine rings is 1. The van der Waals surface area contributed by atoms with Crippen LogP contribution in [0, 0.1) is 11.8 Å². The molecule has 1 aromatic heterocycles. The lowest BCUT2D eigenvalue weighted by Gasteiger charge is -2.25. The molecule has 0 bridgehead atoms. The SMILES string of the molecule is CN1CCCC1c1ccc(CCCC2CCC(C(=O)O)CC2)nc1. The summed E-state index contributed by atoms with van der Waals surface area (Å²) < 4.78 is 0. The number of aromatic nitrogens is 1. The highest BCUT2D eigenvalue weighted by molar-refractivity contribution is 5.69. The smallest absolute Gasteiger partial charge is 0.306 e. The zero-order valence-corrected chi connectivity index (χ0v) is 14.8. The van der Waals surface area contributed by atoms with Crippen LogP contribution in [0.2, 0.25) is 0 Å². The van der Waals surface area contributed by atoms with Crippen LogP contribution < -0.4 is 0 Å². The van der Waals surface area contributed by atoms with Crippen LogP contribution >= 0.6 is 0 Å². The highest BCUT2D eigenvalue weighted by Gasteiger charge is 2.25. The molecule has 0 amide bonds. The van der Waals surface area contributed by atoms with E-state index in [2.05, 4.69) is 35.3 Å². The lowest BCUT2D eigenvalue weighted by molar-refractivity contribution is -0.143. The van der Waals surface area contributed by atoms with Crippen molar-refractivity contribution in [2.75, 3.05) is 13.6 Å². The molecule has 4 nitrogen and oxygen atoms in total. The van der Waals surface area contributed by atoms with Crippen molar-refractivity contribution in [1.29, 1.82) is 0 Å². The summed E-state index contributed by atoms with van der Waals surface area (Å²) in [6.07, 6.45) is 11.9. The second kappa shape index (κ2) is 8.11. The molecule has 1 saturated heterocycles. The zero-order valence-electron chi connectivity index (χ0n) is 14.8. The zero-order chi connectivity index (χ0) is 16.9. The van der Waals surface area contributed by atoms with Crippen molar-refractivity contribution >= 4 is 5.97 Å². The normalized spacial score (nSPS) is 28.1. The van der Waals surface area contributed by atoms with Gasteiger partial charge in [-0.1, -0.05) is 12.5 Å². The fraction of sp³-hybridized carbons (Fsp3) is 0.700. The summed E-state index contributed by atoms with van der Waals surface area (Å²) in [6.45, 7) is 1.19. The molecular formula is C20H30N2O2. The monoisotopic (exact) mass is 330 g/mol. The number of carboxylic acids is 1. The summed E-state index contributed by atoms with van der Waals surface area (Å²) in [5, 5.41) is 9.06. The summed E-state index contributed by atoms with van der Waals surface area (Å²) in [4.78, 5) is 18.1. The minimum Gasteiger partial charge on any atom is -0.481 e. The summed E-state index contributed by atoms with van der Waals surface area (Å²) >= 11 is 0. The number of carbonyl (C=O) groups is 1. The Hall–Kier alpha value is -1.42. The number of hydrogen-bond acceptors (Lipinski definition) is 3. The molecule has 1 unspecified atom stereocenters. The summed E-state index contributed by atoms with van der Waals surface area (Å²) in [6, 6.07) is 5.01. The van der Waals surface area contributed by atoms with Gasteiger partial charge in [0.05, 0.1) is 5.92 Å². The molecule has 2 fully saturated rings. The predicted octanol–water partition coefficient (Wildman–Crippen LogP) is 4.06. The Kier molecular flexibility index (Phi) is 5.88. The second-order valence-electron chi connectivity index (χ2n) is 7.67. The van der Waals surface area contributed by atoms with E-state index in [0.29, 0.717) is 12.0 Å². The Labute approximate surface area is 145 Å². The van der Waals surface area contributed by atoms with E-state index in [4.69, 9.17) is 5.11 Å². The number of likely N-dealkylation sites (tertiary alicyclic amines) is 1. The largest absolute Gasteiger partial charge is 0.481 e. The molecule has 1 atom stereocenters. The molecule has 1 aliphatic heterocycles. The fourth-order valence-electron chi connectivity index (χ4n) is 4.38. The average Bonchev–Trinajstić information content (AvgIpc) is 3.02. The van der Waals surface area contributed by atoms with Crippen molar-refractivity contribution in [3.63, 3.8) is 0 Å². The topological polar surface area (TPSA) is 53.4 Å². The van der Waals surface area contributed by atoms with Gasteiger partial charge in [-0.2, -0.15) is 0 Å². The highest BCUT2D eigenvalue weighted by atomic mass is 16.4. The number of aryl methyl sites for hydroxylation is 1. The molecule has 24 heavy (non-hydrogen) atoms. The first-order chi connectivity index (χ1) is 11.6. The Bertz CT molecular complexity index is 535. The Morgan fingerprint density at radius 2 is 2.04 bits per heavy atom. The van der Waals surface area contributed by atoms with E-state index >= 15 is 0 Å². The number of aliphatic carboxylic acids is 1. The van der Waals surface area contributed by atoms with Crippen LogP contribution in [0.1, 0.15) is 68.7 Å². The third-order valence-corrected chi connectivity index (χ3v) is 5.99. The van der Waals surface area contributed by atoms with E-state index in [-0.39, 0.29) is 5.92 Å². The van der Waals surface area contributed by atoms with Gasteiger partial charge in [0.2, 0.25) is 0 Å². The second-order valence-corrected chi connectivity index (χ2v) is 7.67. The first kappa shape index (κ1) is 17.4. The third kappa shape index (κ3) is 4.35. The van der Waals surface area contributed by atoms with Gasteiger partial charge in [0.25, 0.3) is 0 Å². The van der Waals surface area contributed by atoms with Crippen LogP contribution in [-0.4, -0.2) is 34.6 Å². The molecule has 0 radical (unpaired) electrons. The van der Waals surface area contributed by atoms with Crippen LogP contribution in [0.25, 0.3) is 0 Å². The highest BCUT2D eigenvalue weighted by Crippen LogP contribution is 2.32. The average molecular weight is 330 g/mol. The first-order valence-electron chi connectivity index (χ1n) is 9.51. The van der Waals surface area contributed by atoms with Crippen LogP contribution in [0.15, 0.2) is 18.3 Å². The van der Waals surface area contributed by atoms with E-state index in [0.717, 1.165) is 38.5 Å². The molecule has 0 spiro atoms. The van der Waals surface area contributed by atoms with Crippen molar-refractivity contribution in [1.82, 2.24) is 9.88 Å². The lowest BCUT2D eigenvalue weighted by atomic mass is 9.80. The minimum atomic E-state index is -0.606. The Morgan fingerprint density at radius 1 is 1.25 bits per heavy atom.